The molecular formula is C20H31FN2O. The van der Waals surface area contributed by atoms with Crippen LogP contribution in [-0.2, 0) is 6.42 Å². The highest BCUT2D eigenvalue weighted by Crippen LogP contribution is 2.27. The molecule has 0 radical (unpaired) electrons. The second kappa shape index (κ2) is 7.94. The summed E-state index contributed by atoms with van der Waals surface area (Å²) in [7, 11) is 0. The third-order valence-electron chi connectivity index (χ3n) is 5.88. The molecule has 1 N–H and O–H groups in total. The van der Waals surface area contributed by atoms with Gasteiger partial charge in [0.15, 0.2) is 0 Å². The fourth-order valence-corrected chi connectivity index (χ4v) is 4.27. The monoisotopic (exact) mass is 334 g/mol. The van der Waals surface area contributed by atoms with E-state index >= 15 is 0 Å². The predicted molar refractivity (Wildman–Crippen MR) is 95.5 cm³/mol. The Hall–Kier alpha value is -0.970. The Labute approximate surface area is 145 Å². The number of halogens is 1. The van der Waals surface area contributed by atoms with E-state index < -0.39 is 0 Å². The Morgan fingerprint density at radius 3 is 2.38 bits per heavy atom. The Bertz CT molecular complexity index is 511. The first kappa shape index (κ1) is 17.8. The van der Waals surface area contributed by atoms with Gasteiger partial charge in [-0.3, -0.25) is 4.90 Å². The van der Waals surface area contributed by atoms with Crippen molar-refractivity contribution in [2.24, 2.45) is 5.92 Å². The molecule has 4 heteroatoms. The van der Waals surface area contributed by atoms with E-state index in [9.17, 15) is 9.50 Å². The van der Waals surface area contributed by atoms with Crippen LogP contribution < -0.4 is 0 Å². The van der Waals surface area contributed by atoms with Gasteiger partial charge in [0.2, 0.25) is 0 Å². The normalized spacial score (nSPS) is 27.7. The van der Waals surface area contributed by atoms with E-state index in [0.717, 1.165) is 31.5 Å². The number of nitrogens with zero attached hydrogens (tertiary/aromatic N) is 2. The minimum Gasteiger partial charge on any atom is -0.393 e. The van der Waals surface area contributed by atoms with E-state index in [1.807, 2.05) is 12.1 Å². The van der Waals surface area contributed by atoms with Gasteiger partial charge in [-0.05, 0) is 70.3 Å². The molecule has 3 rings (SSSR count). The maximum absolute atomic E-state index is 13.1. The minimum absolute atomic E-state index is 0.193. The van der Waals surface area contributed by atoms with E-state index in [4.69, 9.17) is 0 Å². The summed E-state index contributed by atoms with van der Waals surface area (Å²) in [5, 5.41) is 10.4. The van der Waals surface area contributed by atoms with Gasteiger partial charge >= 0.3 is 0 Å². The molecule has 2 atom stereocenters. The first-order valence-electron chi connectivity index (χ1n) is 9.43. The number of aliphatic hydroxyl groups excluding tert-OH is 1. The van der Waals surface area contributed by atoms with Gasteiger partial charge in [0, 0.05) is 31.1 Å². The third kappa shape index (κ3) is 4.35. The van der Waals surface area contributed by atoms with E-state index in [-0.39, 0.29) is 17.8 Å². The van der Waals surface area contributed by atoms with E-state index in [0.29, 0.717) is 12.1 Å². The highest BCUT2D eigenvalue weighted by molar-refractivity contribution is 5.17. The van der Waals surface area contributed by atoms with Crippen LogP contribution in [0.25, 0.3) is 0 Å². The number of likely N-dealkylation sites (tertiary alicyclic amines) is 2. The van der Waals surface area contributed by atoms with Gasteiger partial charge in [-0.1, -0.05) is 12.1 Å². The molecule has 0 amide bonds. The summed E-state index contributed by atoms with van der Waals surface area (Å²) in [5.41, 5.74) is 1.12. The molecule has 0 aliphatic carbocycles. The highest BCUT2D eigenvalue weighted by atomic mass is 19.1. The van der Waals surface area contributed by atoms with Crippen molar-refractivity contribution in [2.45, 2.75) is 57.7 Å². The summed E-state index contributed by atoms with van der Waals surface area (Å²) in [5.74, 6) is 0.0637. The Balaban J connectivity index is 1.56. The average molecular weight is 334 g/mol. The summed E-state index contributed by atoms with van der Waals surface area (Å²) in [6, 6.07) is 8.03. The first-order chi connectivity index (χ1) is 11.5. The van der Waals surface area contributed by atoms with E-state index in [1.54, 1.807) is 0 Å². The number of benzene rings is 1. The molecule has 1 aromatic carbocycles. The quantitative estimate of drug-likeness (QED) is 0.917. The van der Waals surface area contributed by atoms with Crippen LogP contribution in [0.5, 0.6) is 0 Å². The van der Waals surface area contributed by atoms with Crippen LogP contribution >= 0.6 is 0 Å². The smallest absolute Gasteiger partial charge is 0.123 e. The van der Waals surface area contributed by atoms with Gasteiger partial charge in [-0.2, -0.15) is 0 Å². The second-order valence-electron chi connectivity index (χ2n) is 7.80. The molecule has 0 spiro atoms. The molecule has 3 nitrogen and oxygen atoms in total. The van der Waals surface area contributed by atoms with Gasteiger partial charge in [-0.15, -0.1) is 0 Å². The lowest BCUT2D eigenvalue weighted by Gasteiger charge is -2.44. The van der Waals surface area contributed by atoms with Crippen LogP contribution in [0, 0.1) is 11.7 Å². The average Bonchev–Trinajstić information content (AvgIpc) is 2.59. The zero-order chi connectivity index (χ0) is 17.1. The summed E-state index contributed by atoms with van der Waals surface area (Å²) in [6.07, 6.45) is 3.93. The highest BCUT2D eigenvalue weighted by Gasteiger charge is 2.33. The summed E-state index contributed by atoms with van der Waals surface area (Å²) >= 11 is 0. The number of hydrogen-bond acceptors (Lipinski definition) is 3. The Morgan fingerprint density at radius 2 is 1.75 bits per heavy atom. The maximum atomic E-state index is 13.1. The SMILES string of the molecule is CC(C)N1CCC(N2CC[C@H](O)[C@H](Cc3ccc(F)cc3)C2)CC1. The predicted octanol–water partition coefficient (Wildman–Crippen LogP) is 2.92. The van der Waals surface area contributed by atoms with Crippen molar-refractivity contribution in [1.29, 1.82) is 0 Å². The molecule has 0 saturated carbocycles. The fourth-order valence-electron chi connectivity index (χ4n) is 4.27. The zero-order valence-electron chi connectivity index (χ0n) is 15.0. The van der Waals surface area contributed by atoms with Crippen LogP contribution in [0.4, 0.5) is 4.39 Å². The Kier molecular flexibility index (Phi) is 5.90. The lowest BCUT2D eigenvalue weighted by atomic mass is 9.87. The van der Waals surface area contributed by atoms with Crippen LogP contribution in [-0.4, -0.2) is 59.3 Å². The van der Waals surface area contributed by atoms with Crippen molar-refractivity contribution in [1.82, 2.24) is 9.80 Å². The van der Waals surface area contributed by atoms with Crippen LogP contribution in [0.3, 0.4) is 0 Å². The molecule has 1 aromatic rings. The number of hydrogen-bond donors (Lipinski definition) is 1. The number of piperidine rings is 2. The summed E-state index contributed by atoms with van der Waals surface area (Å²) in [4.78, 5) is 5.16. The molecule has 24 heavy (non-hydrogen) atoms. The lowest BCUT2D eigenvalue weighted by molar-refractivity contribution is -0.00568. The van der Waals surface area contributed by atoms with E-state index in [2.05, 4.69) is 23.6 Å². The van der Waals surface area contributed by atoms with Gasteiger partial charge in [0.25, 0.3) is 0 Å². The van der Waals surface area contributed by atoms with Crippen molar-refractivity contribution < 1.29 is 9.50 Å². The summed E-state index contributed by atoms with van der Waals surface area (Å²) < 4.78 is 13.1. The van der Waals surface area contributed by atoms with Gasteiger partial charge < -0.3 is 10.0 Å². The molecule has 2 heterocycles. The molecular weight excluding hydrogens is 303 g/mol. The van der Waals surface area contributed by atoms with Crippen molar-refractivity contribution in [3.63, 3.8) is 0 Å². The van der Waals surface area contributed by atoms with Crippen LogP contribution in [0.15, 0.2) is 24.3 Å². The standard InChI is InChI=1S/C20H31FN2O/c1-15(2)22-10-7-19(8-11-22)23-12-9-20(24)17(14-23)13-16-3-5-18(21)6-4-16/h3-6,15,17,19-20,24H,7-14H2,1-2H3/t17-,20+/m1/s1. The van der Waals surface area contributed by atoms with Gasteiger partial charge in [0.1, 0.15) is 5.82 Å². The van der Waals surface area contributed by atoms with Crippen molar-refractivity contribution in [2.75, 3.05) is 26.2 Å². The molecule has 2 fully saturated rings. The Morgan fingerprint density at radius 1 is 1.08 bits per heavy atom. The van der Waals surface area contributed by atoms with E-state index in [1.165, 1.54) is 38.1 Å². The molecule has 0 aromatic heterocycles. The molecule has 2 aliphatic rings. The lowest BCUT2D eigenvalue weighted by Crippen LogP contribution is -2.52. The topological polar surface area (TPSA) is 26.7 Å². The van der Waals surface area contributed by atoms with Gasteiger partial charge in [0.05, 0.1) is 6.10 Å². The largest absolute Gasteiger partial charge is 0.393 e. The van der Waals surface area contributed by atoms with Crippen molar-refractivity contribution in [3.05, 3.63) is 35.6 Å². The molecule has 2 aliphatic heterocycles. The van der Waals surface area contributed by atoms with Crippen LogP contribution in [0.2, 0.25) is 0 Å². The van der Waals surface area contributed by atoms with Crippen molar-refractivity contribution >= 4 is 0 Å². The summed E-state index contributed by atoms with van der Waals surface area (Å²) in [6.45, 7) is 8.89. The van der Waals surface area contributed by atoms with Gasteiger partial charge in [-0.25, -0.2) is 4.39 Å². The van der Waals surface area contributed by atoms with Crippen molar-refractivity contribution in [3.8, 4) is 0 Å². The fraction of sp³-hybridized carbons (Fsp3) is 0.700. The molecule has 0 bridgehead atoms. The molecule has 2 saturated heterocycles. The van der Waals surface area contributed by atoms with Crippen LogP contribution in [0.1, 0.15) is 38.7 Å². The number of rotatable bonds is 4. The minimum atomic E-state index is -0.234. The third-order valence-corrected chi connectivity index (χ3v) is 5.88. The molecule has 134 valence electrons. The maximum Gasteiger partial charge on any atom is 0.123 e. The second-order valence-corrected chi connectivity index (χ2v) is 7.80. The zero-order valence-corrected chi connectivity index (χ0v) is 15.0. The first-order valence-corrected chi connectivity index (χ1v) is 9.43. The number of aliphatic hydroxyl groups is 1. The molecule has 0 unspecified atom stereocenters.